The standard InChI is InChI=1S/2C5H4IN.ClHO4/c2*6-5-2-1-3-7-4-5;2-1(3,4)5/h2*1-4H;(H,2,3,4,5). The second kappa shape index (κ2) is 10.7. The maximum absolute atomic E-state index is 8.60. The minimum Gasteiger partial charge on any atom is -0.264 e. The Kier molecular flexibility index (Phi) is 10.6. The van der Waals surface area contributed by atoms with Crippen LogP contribution in [0.5, 0.6) is 0 Å². The molecule has 0 aliphatic rings. The van der Waals surface area contributed by atoms with Crippen molar-refractivity contribution in [3.8, 4) is 0 Å². The van der Waals surface area contributed by atoms with E-state index in [0.717, 1.165) is 0 Å². The van der Waals surface area contributed by atoms with Crippen molar-refractivity contribution < 1.29 is 28.9 Å². The van der Waals surface area contributed by atoms with Crippen LogP contribution >= 0.6 is 45.2 Å². The van der Waals surface area contributed by atoms with Crippen LogP contribution in [0.3, 0.4) is 0 Å². The van der Waals surface area contributed by atoms with E-state index in [1.807, 2.05) is 36.7 Å². The quantitative estimate of drug-likeness (QED) is 0.467. The van der Waals surface area contributed by atoms with Crippen LogP contribution in [0.25, 0.3) is 0 Å². The molecule has 0 spiro atoms. The Morgan fingerprint density at radius 1 is 0.895 bits per heavy atom. The summed E-state index contributed by atoms with van der Waals surface area (Å²) in [5.74, 6) is 0. The van der Waals surface area contributed by atoms with Gasteiger partial charge in [0.2, 0.25) is 0 Å². The van der Waals surface area contributed by atoms with Crippen LogP contribution in [0.4, 0.5) is 0 Å². The van der Waals surface area contributed by atoms with Gasteiger partial charge < -0.3 is 0 Å². The summed E-state index contributed by atoms with van der Waals surface area (Å²) >= 11 is 4.43. The number of rotatable bonds is 0. The molecule has 2 rings (SSSR count). The highest BCUT2D eigenvalue weighted by Crippen LogP contribution is 1.97. The van der Waals surface area contributed by atoms with E-state index < -0.39 is 10.2 Å². The molecule has 19 heavy (non-hydrogen) atoms. The zero-order valence-corrected chi connectivity index (χ0v) is 14.4. The molecule has 0 aliphatic carbocycles. The molecular formula is C10H9ClI2N2O4. The molecule has 0 aromatic carbocycles. The molecule has 0 radical (unpaired) electrons. The summed E-state index contributed by atoms with van der Waals surface area (Å²) in [7, 11) is -4.69. The van der Waals surface area contributed by atoms with Gasteiger partial charge in [0.15, 0.2) is 0 Å². The second-order valence-corrected chi connectivity index (χ2v) is 6.02. The van der Waals surface area contributed by atoms with Crippen molar-refractivity contribution in [3.63, 3.8) is 0 Å². The van der Waals surface area contributed by atoms with Crippen molar-refractivity contribution in [2.24, 2.45) is 0 Å². The van der Waals surface area contributed by atoms with Gasteiger partial charge in [0.25, 0.3) is 0 Å². The van der Waals surface area contributed by atoms with E-state index in [2.05, 4.69) is 55.1 Å². The molecule has 0 bridgehead atoms. The predicted molar refractivity (Wildman–Crippen MR) is 76.1 cm³/mol. The van der Waals surface area contributed by atoms with Crippen molar-refractivity contribution in [1.29, 1.82) is 0 Å². The molecule has 2 aromatic rings. The van der Waals surface area contributed by atoms with Gasteiger partial charge in [-0.05, 0) is 69.4 Å². The molecule has 0 saturated carbocycles. The Balaban J connectivity index is 0.000000261. The smallest absolute Gasteiger partial charge is 0.0777 e. The van der Waals surface area contributed by atoms with E-state index >= 15 is 0 Å². The number of aromatic nitrogens is 2. The third kappa shape index (κ3) is 17.9. The van der Waals surface area contributed by atoms with Gasteiger partial charge in [0.1, 0.15) is 0 Å². The Bertz CT molecular complexity index is 399. The average Bonchev–Trinajstić information content (AvgIpc) is 2.29. The SMILES string of the molecule is Ic1cccnc1.Ic1cccnc1.[O-][Cl+3]([O-])([O-])O. The number of hydrogen-bond donors (Lipinski definition) is 1. The Morgan fingerprint density at radius 2 is 1.21 bits per heavy atom. The fraction of sp³-hybridized carbons (Fsp3) is 0. The topological polar surface area (TPSA) is 115 Å². The van der Waals surface area contributed by atoms with E-state index in [1.165, 1.54) is 7.14 Å². The second-order valence-electron chi connectivity index (χ2n) is 2.74. The van der Waals surface area contributed by atoms with Crippen LogP contribution in [-0.2, 0) is 0 Å². The summed E-state index contributed by atoms with van der Waals surface area (Å²) in [6, 6.07) is 7.85. The van der Waals surface area contributed by atoms with Gasteiger partial charge in [-0.3, -0.25) is 9.97 Å². The first-order valence-electron chi connectivity index (χ1n) is 4.53. The van der Waals surface area contributed by atoms with Gasteiger partial charge in [-0.15, -0.1) is 0 Å². The van der Waals surface area contributed by atoms with Crippen LogP contribution in [-0.4, -0.2) is 14.6 Å². The van der Waals surface area contributed by atoms with Gasteiger partial charge in [0.05, 0.1) is 14.9 Å². The number of pyridine rings is 2. The maximum atomic E-state index is 8.60. The van der Waals surface area contributed by atoms with Crippen molar-refractivity contribution >= 4 is 45.2 Å². The monoisotopic (exact) mass is 510 g/mol. The fourth-order valence-corrected chi connectivity index (χ4v) is 1.42. The third-order valence-electron chi connectivity index (χ3n) is 1.25. The molecule has 0 atom stereocenters. The summed E-state index contributed by atoms with van der Waals surface area (Å²) in [6.07, 6.45) is 7.17. The first-order chi connectivity index (χ1) is 8.79. The lowest BCUT2D eigenvalue weighted by Gasteiger charge is -2.03. The zero-order chi connectivity index (χ0) is 14.7. The lowest BCUT2D eigenvalue weighted by Crippen LogP contribution is -2.58. The molecule has 1 N–H and O–H groups in total. The summed E-state index contributed by atoms with van der Waals surface area (Å²) in [6.45, 7) is 0. The third-order valence-corrected chi connectivity index (χ3v) is 2.53. The number of halogens is 3. The van der Waals surface area contributed by atoms with Crippen LogP contribution in [0.15, 0.2) is 49.1 Å². The molecular weight excluding hydrogens is 501 g/mol. The fourth-order valence-electron chi connectivity index (χ4n) is 0.684. The van der Waals surface area contributed by atoms with Crippen molar-refractivity contribution in [2.45, 2.75) is 0 Å². The Morgan fingerprint density at radius 3 is 1.32 bits per heavy atom. The molecule has 104 valence electrons. The lowest BCUT2D eigenvalue weighted by atomic mass is 10.5. The van der Waals surface area contributed by atoms with Crippen LogP contribution < -0.4 is 14.0 Å². The summed E-state index contributed by atoms with van der Waals surface area (Å²) < 4.78 is 35.1. The molecule has 0 fully saturated rings. The highest BCUT2D eigenvalue weighted by Gasteiger charge is 1.98. The summed E-state index contributed by atoms with van der Waals surface area (Å²) in [5.41, 5.74) is 0. The zero-order valence-electron chi connectivity index (χ0n) is 9.32. The van der Waals surface area contributed by atoms with Gasteiger partial charge in [-0.25, -0.2) is 0 Å². The molecule has 0 unspecified atom stereocenters. The Labute approximate surface area is 139 Å². The van der Waals surface area contributed by atoms with E-state index in [-0.39, 0.29) is 0 Å². The lowest BCUT2D eigenvalue weighted by molar-refractivity contribution is -1.92. The Hall–Kier alpha value is -0.110. The molecule has 0 aliphatic heterocycles. The van der Waals surface area contributed by atoms with Crippen LogP contribution in [0.1, 0.15) is 0 Å². The van der Waals surface area contributed by atoms with Crippen molar-refractivity contribution in [2.75, 3.05) is 0 Å². The van der Waals surface area contributed by atoms with Crippen molar-refractivity contribution in [1.82, 2.24) is 9.97 Å². The average molecular weight is 510 g/mol. The van der Waals surface area contributed by atoms with Crippen molar-refractivity contribution in [3.05, 3.63) is 56.2 Å². The molecule has 0 saturated heterocycles. The molecule has 6 nitrogen and oxygen atoms in total. The van der Waals surface area contributed by atoms with Gasteiger partial charge in [0, 0.05) is 31.9 Å². The van der Waals surface area contributed by atoms with E-state index in [9.17, 15) is 0 Å². The first-order valence-corrected chi connectivity index (χ1v) is 7.95. The highest BCUT2D eigenvalue weighted by molar-refractivity contribution is 14.1. The van der Waals surface area contributed by atoms with Crippen LogP contribution in [0, 0.1) is 17.4 Å². The molecule has 2 aromatic heterocycles. The molecule has 9 heteroatoms. The van der Waals surface area contributed by atoms with E-state index in [1.54, 1.807) is 12.4 Å². The van der Waals surface area contributed by atoms with E-state index in [0.29, 0.717) is 0 Å². The van der Waals surface area contributed by atoms with Crippen LogP contribution in [0.2, 0.25) is 0 Å². The number of hydrogen-bond acceptors (Lipinski definition) is 6. The normalized spacial score (nSPS) is 9.58. The number of nitrogens with zero attached hydrogens (tertiary/aromatic N) is 2. The largest absolute Gasteiger partial charge is 0.264 e. The molecule has 0 amide bonds. The van der Waals surface area contributed by atoms with Gasteiger partial charge >= 0.3 is 0 Å². The van der Waals surface area contributed by atoms with Gasteiger partial charge in [-0.2, -0.15) is 14.0 Å². The minimum atomic E-state index is -4.69. The molecule has 2 heterocycles. The highest BCUT2D eigenvalue weighted by atomic mass is 127. The predicted octanol–water partition coefficient (Wildman–Crippen LogP) is -0.752. The van der Waals surface area contributed by atoms with E-state index in [4.69, 9.17) is 18.6 Å². The summed E-state index contributed by atoms with van der Waals surface area (Å²) in [5, 5.41) is 0. The minimum absolute atomic E-state index is 1.18. The first kappa shape index (κ1) is 18.9. The summed E-state index contributed by atoms with van der Waals surface area (Å²) in [4.78, 5) is 7.75. The maximum Gasteiger partial charge on any atom is 0.0777 e. The van der Waals surface area contributed by atoms with Gasteiger partial charge in [-0.1, -0.05) is 0 Å².